The maximum atomic E-state index is 12.7. The van der Waals surface area contributed by atoms with E-state index < -0.39 is 23.8 Å². The number of nitrogens with two attached hydrogens (primary N) is 1. The molecule has 6 aromatic carbocycles. The summed E-state index contributed by atoms with van der Waals surface area (Å²) in [5, 5.41) is 44.2. The molecule has 0 saturated carbocycles. The van der Waals surface area contributed by atoms with Gasteiger partial charge in [0.2, 0.25) is 0 Å². The largest absolute Gasteiger partial charge is 0.508 e. The molecule has 0 fully saturated rings. The predicted molar refractivity (Wildman–Crippen MR) is 281 cm³/mol. The molecule has 3 aliphatic carbocycles. The number of aryl methyl sites for hydroxylation is 2. The second-order valence-corrected chi connectivity index (χ2v) is 17.2. The Kier molecular flexibility index (Phi) is 15.0. The molecule has 0 unspecified atom stereocenters. The minimum Gasteiger partial charge on any atom is -0.508 e. The fraction of sp³-hybridized carbons (Fsp3) is 0.0508. The molecule has 0 saturated heterocycles. The first-order valence-corrected chi connectivity index (χ1v) is 22.9. The molecule has 4 aliphatic rings. The molecular weight excluding hydrogens is 957 g/mol. The normalized spacial score (nSPS) is 12.4. The number of carbonyl (C=O) groups is 6. The number of phenolic OH excluding ortho intramolecular Hbond substituents is 2. The van der Waals surface area contributed by atoms with Gasteiger partial charge in [-0.1, -0.05) is 72.8 Å². The first-order valence-electron chi connectivity index (χ1n) is 22.9. The van der Waals surface area contributed by atoms with Crippen LogP contribution in [0.25, 0.3) is 39.0 Å². The number of nitrogen functional groups attached to an aromatic ring is 1. The summed E-state index contributed by atoms with van der Waals surface area (Å²) in [7, 11) is 0. The molecule has 16 heteroatoms. The molecule has 6 aromatic rings. The van der Waals surface area contributed by atoms with Crippen molar-refractivity contribution in [3.8, 4) is 33.9 Å². The van der Waals surface area contributed by atoms with Crippen molar-refractivity contribution < 1.29 is 53.6 Å². The van der Waals surface area contributed by atoms with Crippen molar-refractivity contribution in [2.24, 2.45) is 10.9 Å². The number of carbonyl (C=O) groups excluding carboxylic acids is 4. The molecule has 0 spiro atoms. The minimum absolute atomic E-state index is 0.0449. The molecule has 0 aromatic heterocycles. The summed E-state index contributed by atoms with van der Waals surface area (Å²) < 4.78 is 5.83. The number of hydrazine groups is 1. The van der Waals surface area contributed by atoms with Crippen molar-refractivity contribution in [2.45, 2.75) is 20.3 Å². The van der Waals surface area contributed by atoms with Crippen LogP contribution in [0.3, 0.4) is 0 Å². The lowest BCUT2D eigenvalue weighted by molar-refractivity contribution is -0.110. The zero-order valence-corrected chi connectivity index (χ0v) is 40.0. The number of hydrogen-bond donors (Lipinski definition) is 7. The molecule has 1 aliphatic heterocycles. The third-order valence-electron chi connectivity index (χ3n) is 12.3. The van der Waals surface area contributed by atoms with E-state index in [-0.39, 0.29) is 56.3 Å². The molecule has 16 nitrogen and oxygen atoms in total. The SMILES string of the molecule is Cc1ccccc1/C=N/NC(=O)c1ccc(-c2c3ccc(=O)cc-3oc3cc(O)ccc23)c(C(=O)O)c1.Cc1ccccc1C=O.NNC(=O)c1ccc(C2=C3C=CC(=O)C=C3Cc3cc(O)ccc32)c(C(=O)O)c1. The van der Waals surface area contributed by atoms with Crippen LogP contribution in [-0.4, -0.2) is 62.5 Å². The van der Waals surface area contributed by atoms with E-state index in [2.05, 4.69) is 10.5 Å². The average molecular weight is 1000 g/mol. The summed E-state index contributed by atoms with van der Waals surface area (Å²) in [6, 6.07) is 37.2. The number of allylic oxidation sites excluding steroid dienone is 5. The number of aromatic hydroxyl groups is 2. The van der Waals surface area contributed by atoms with Gasteiger partial charge in [-0.3, -0.25) is 29.4 Å². The van der Waals surface area contributed by atoms with Crippen molar-refractivity contribution in [1.29, 1.82) is 0 Å². The molecule has 1 heterocycles. The molecule has 0 bridgehead atoms. The Hall–Kier alpha value is -10.3. The van der Waals surface area contributed by atoms with Gasteiger partial charge in [0.15, 0.2) is 11.2 Å². The van der Waals surface area contributed by atoms with Gasteiger partial charge >= 0.3 is 11.9 Å². The van der Waals surface area contributed by atoms with E-state index in [0.29, 0.717) is 39.6 Å². The zero-order chi connectivity index (χ0) is 53.5. The number of carboxylic acids is 2. The Balaban J connectivity index is 0.000000174. The van der Waals surface area contributed by atoms with Crippen LogP contribution in [0.5, 0.6) is 11.5 Å². The lowest BCUT2D eigenvalue weighted by Gasteiger charge is -2.27. The predicted octanol–water partition coefficient (Wildman–Crippen LogP) is 8.97. The summed E-state index contributed by atoms with van der Waals surface area (Å²) >= 11 is 0. The highest BCUT2D eigenvalue weighted by Gasteiger charge is 2.29. The topological polar surface area (TPSA) is 276 Å². The quantitative estimate of drug-likeness (QED) is 0.0178. The fourth-order valence-electron chi connectivity index (χ4n) is 8.64. The number of nitrogens with one attached hydrogen (secondary N) is 2. The second kappa shape index (κ2) is 22.0. The number of phenols is 2. The molecule has 2 amide bonds. The van der Waals surface area contributed by atoms with Gasteiger partial charge in [0.1, 0.15) is 29.1 Å². The lowest BCUT2D eigenvalue weighted by atomic mass is 9.76. The number of rotatable bonds is 9. The molecular formula is C59H44N4O12. The highest BCUT2D eigenvalue weighted by molar-refractivity contribution is 6.10. The number of aldehydes is 1. The van der Waals surface area contributed by atoms with E-state index in [0.717, 1.165) is 50.8 Å². The van der Waals surface area contributed by atoms with Crippen molar-refractivity contribution in [3.63, 3.8) is 0 Å². The first-order chi connectivity index (χ1) is 36.0. The molecule has 372 valence electrons. The highest BCUT2D eigenvalue weighted by Crippen LogP contribution is 2.44. The maximum absolute atomic E-state index is 12.7. The molecule has 10 rings (SSSR count). The van der Waals surface area contributed by atoms with E-state index >= 15 is 0 Å². The van der Waals surface area contributed by atoms with E-state index in [1.54, 1.807) is 36.4 Å². The van der Waals surface area contributed by atoms with Gasteiger partial charge in [-0.15, -0.1) is 0 Å². The van der Waals surface area contributed by atoms with Gasteiger partial charge < -0.3 is 24.8 Å². The molecule has 0 radical (unpaired) electrons. The van der Waals surface area contributed by atoms with E-state index in [1.807, 2.05) is 67.8 Å². The molecule has 0 atom stereocenters. The van der Waals surface area contributed by atoms with Crippen LogP contribution in [0, 0.1) is 13.8 Å². The van der Waals surface area contributed by atoms with Crippen LogP contribution < -0.4 is 22.1 Å². The number of amides is 2. The number of ketones is 1. The number of benzene rings is 7. The standard InChI is InChI=1S/C29H20N2O6.C22H16N2O5.C8H8O/c1-16-4-2-3-5-18(16)15-30-31-28(34)17-6-9-21(24(12-17)29(35)36)27-22-10-7-19(32)13-25(22)37-26-14-20(33)8-11-23(26)27;23-24-21(27)11-1-4-18(19(10-11)22(28)29)20-16-5-2-14(25)8-12(16)7-13-9-15(26)3-6-17(13)20;1-7-4-2-3-5-8(7)6-9/h2-15,32H,1H3,(H,31,34)(H,35,36);1-6,8-10,25H,7,23H2,(H,24,27)(H,28,29);2-6H,1H3/b30-15+;;. The third-order valence-corrected chi connectivity index (χ3v) is 12.3. The third kappa shape index (κ3) is 11.1. The number of hydrogen-bond acceptors (Lipinski definition) is 12. The average Bonchev–Trinajstić information content (AvgIpc) is 3.40. The Morgan fingerprint density at radius 2 is 1.25 bits per heavy atom. The monoisotopic (exact) mass is 1000 g/mol. The smallest absolute Gasteiger partial charge is 0.336 e. The van der Waals surface area contributed by atoms with Crippen molar-refractivity contribution in [2.75, 3.05) is 0 Å². The fourth-order valence-corrected chi connectivity index (χ4v) is 8.64. The van der Waals surface area contributed by atoms with E-state index in [1.165, 1.54) is 79.0 Å². The molecule has 75 heavy (non-hydrogen) atoms. The van der Waals surface area contributed by atoms with Crippen LogP contribution >= 0.6 is 0 Å². The van der Waals surface area contributed by atoms with Gasteiger partial charge in [-0.05, 0) is 149 Å². The van der Waals surface area contributed by atoms with Crippen molar-refractivity contribution in [3.05, 3.63) is 240 Å². The van der Waals surface area contributed by atoms with Crippen LogP contribution in [0.2, 0.25) is 0 Å². The van der Waals surface area contributed by atoms with Crippen LogP contribution in [0.1, 0.15) is 85.2 Å². The Morgan fingerprint density at radius 1 is 0.653 bits per heavy atom. The molecule has 8 N–H and O–H groups in total. The van der Waals surface area contributed by atoms with Gasteiger partial charge in [0, 0.05) is 45.3 Å². The summed E-state index contributed by atoms with van der Waals surface area (Å²) in [5.41, 5.74) is 13.5. The van der Waals surface area contributed by atoms with E-state index in [9.17, 15) is 54.0 Å². The number of nitrogens with zero attached hydrogens (tertiary/aromatic N) is 1. The number of fused-ring (bicyclic) bond motifs is 4. The summed E-state index contributed by atoms with van der Waals surface area (Å²) in [5.74, 6) is 1.67. The number of hydrazone groups is 1. The summed E-state index contributed by atoms with van der Waals surface area (Å²) in [4.78, 5) is 83.0. The van der Waals surface area contributed by atoms with Gasteiger partial charge in [-0.2, -0.15) is 5.10 Å². The Bertz CT molecular complexity index is 3830. The highest BCUT2D eigenvalue weighted by atomic mass is 16.4. The Morgan fingerprint density at radius 3 is 1.91 bits per heavy atom. The summed E-state index contributed by atoms with van der Waals surface area (Å²) in [6.07, 6.45) is 7.45. The lowest BCUT2D eigenvalue weighted by Crippen LogP contribution is -2.30. The van der Waals surface area contributed by atoms with Crippen molar-refractivity contribution >= 4 is 58.6 Å². The van der Waals surface area contributed by atoms with Crippen LogP contribution in [0.4, 0.5) is 0 Å². The first kappa shape index (κ1) is 51.0. The van der Waals surface area contributed by atoms with E-state index in [4.69, 9.17) is 10.3 Å². The van der Waals surface area contributed by atoms with Crippen LogP contribution in [0.15, 0.2) is 183 Å². The van der Waals surface area contributed by atoms with Gasteiger partial charge in [0.05, 0.1) is 17.3 Å². The number of aromatic carboxylic acids is 2. The maximum Gasteiger partial charge on any atom is 0.336 e. The van der Waals surface area contributed by atoms with Gasteiger partial charge in [-0.25, -0.2) is 20.9 Å². The van der Waals surface area contributed by atoms with Gasteiger partial charge in [0.25, 0.3) is 11.8 Å². The Labute approximate surface area is 427 Å². The number of carboxylic acid groups (broad SMARTS) is 2. The zero-order valence-electron chi connectivity index (χ0n) is 40.0. The minimum atomic E-state index is -1.24. The van der Waals surface area contributed by atoms with Crippen molar-refractivity contribution in [1.82, 2.24) is 10.9 Å². The van der Waals surface area contributed by atoms with Crippen LogP contribution in [-0.2, 0) is 11.2 Å². The summed E-state index contributed by atoms with van der Waals surface area (Å²) in [6.45, 7) is 3.84. The second-order valence-electron chi connectivity index (χ2n) is 17.2.